The summed E-state index contributed by atoms with van der Waals surface area (Å²) in [5, 5.41) is 6.73. The lowest BCUT2D eigenvalue weighted by Crippen LogP contribution is -2.32. The second-order valence-electron chi connectivity index (χ2n) is 6.07. The minimum atomic E-state index is -0.538. The van der Waals surface area contributed by atoms with E-state index in [1.54, 1.807) is 13.8 Å². The first-order chi connectivity index (χ1) is 12.9. The van der Waals surface area contributed by atoms with E-state index in [-0.39, 0.29) is 5.91 Å². The van der Waals surface area contributed by atoms with Crippen LogP contribution < -0.4 is 10.6 Å². The Kier molecular flexibility index (Phi) is 5.36. The summed E-state index contributed by atoms with van der Waals surface area (Å²) in [7, 11) is 1.35. The van der Waals surface area contributed by atoms with Gasteiger partial charge in [-0.25, -0.2) is 14.8 Å². The summed E-state index contributed by atoms with van der Waals surface area (Å²) in [6, 6.07) is 8.70. The minimum absolute atomic E-state index is 0.188. The van der Waals surface area contributed by atoms with Crippen LogP contribution >= 0.6 is 11.3 Å². The predicted molar refractivity (Wildman–Crippen MR) is 106 cm³/mol. The number of carbonyl (C=O) groups excluding carboxylic acids is 2. The monoisotopic (exact) mass is 384 g/mol. The zero-order chi connectivity index (χ0) is 19.6. The van der Waals surface area contributed by atoms with Gasteiger partial charge >= 0.3 is 5.97 Å². The molecule has 0 radical (unpaired) electrons. The van der Waals surface area contributed by atoms with E-state index in [4.69, 9.17) is 4.74 Å². The van der Waals surface area contributed by atoms with Crippen LogP contribution in [0.2, 0.25) is 0 Å². The van der Waals surface area contributed by atoms with E-state index in [9.17, 15) is 9.59 Å². The fourth-order valence-electron chi connectivity index (χ4n) is 2.68. The van der Waals surface area contributed by atoms with Crippen LogP contribution in [0.5, 0.6) is 0 Å². The molecule has 2 aromatic heterocycles. The molecule has 1 aromatic carbocycles. The summed E-state index contributed by atoms with van der Waals surface area (Å²) in [6.45, 7) is 5.35. The molecule has 0 fully saturated rings. The number of para-hydroxylation sites is 1. The van der Waals surface area contributed by atoms with E-state index >= 15 is 0 Å². The molecule has 1 unspecified atom stereocenters. The van der Waals surface area contributed by atoms with Crippen molar-refractivity contribution in [2.45, 2.75) is 26.8 Å². The SMILES string of the molecule is COC(=O)c1sc2nc(C)nc(NC(C)C(=O)Nc3ccccc3)c2c1C. The summed E-state index contributed by atoms with van der Waals surface area (Å²) in [5.74, 6) is 0.483. The third-order valence-corrected chi connectivity index (χ3v) is 5.23. The third-order valence-electron chi connectivity index (χ3n) is 4.06. The number of anilines is 2. The molecular formula is C19H20N4O3S. The topological polar surface area (TPSA) is 93.2 Å². The average molecular weight is 384 g/mol. The molecule has 3 rings (SSSR count). The second-order valence-corrected chi connectivity index (χ2v) is 7.07. The van der Waals surface area contributed by atoms with E-state index in [1.807, 2.05) is 37.3 Å². The van der Waals surface area contributed by atoms with Crippen molar-refractivity contribution in [3.63, 3.8) is 0 Å². The van der Waals surface area contributed by atoms with Crippen LogP contribution in [0.25, 0.3) is 10.2 Å². The fourth-order valence-corrected chi connectivity index (χ4v) is 3.82. The van der Waals surface area contributed by atoms with Crippen LogP contribution in [0, 0.1) is 13.8 Å². The number of fused-ring (bicyclic) bond motifs is 1. The maximum atomic E-state index is 12.5. The maximum absolute atomic E-state index is 12.5. The van der Waals surface area contributed by atoms with Gasteiger partial charge in [-0.3, -0.25) is 4.79 Å². The number of benzene rings is 1. The average Bonchev–Trinajstić information content (AvgIpc) is 2.98. The second kappa shape index (κ2) is 7.71. The van der Waals surface area contributed by atoms with E-state index < -0.39 is 12.0 Å². The Hall–Kier alpha value is -3.00. The number of hydrogen-bond donors (Lipinski definition) is 2. The Bertz CT molecular complexity index is 1000. The van der Waals surface area contributed by atoms with E-state index in [2.05, 4.69) is 20.6 Å². The summed E-state index contributed by atoms with van der Waals surface area (Å²) >= 11 is 1.26. The number of nitrogens with zero attached hydrogens (tertiary/aromatic N) is 2. The van der Waals surface area contributed by atoms with Crippen LogP contribution in [0.1, 0.15) is 28.0 Å². The van der Waals surface area contributed by atoms with Crippen molar-refractivity contribution in [2.75, 3.05) is 17.7 Å². The quantitative estimate of drug-likeness (QED) is 0.654. The molecule has 0 bridgehead atoms. The van der Waals surface area contributed by atoms with Crippen molar-refractivity contribution in [1.82, 2.24) is 9.97 Å². The molecule has 140 valence electrons. The first-order valence-electron chi connectivity index (χ1n) is 8.39. The van der Waals surface area contributed by atoms with Crippen LogP contribution in [0.15, 0.2) is 30.3 Å². The summed E-state index contributed by atoms with van der Waals surface area (Å²) in [5.41, 5.74) is 1.46. The Morgan fingerprint density at radius 1 is 1.15 bits per heavy atom. The number of nitrogens with one attached hydrogen (secondary N) is 2. The van der Waals surface area contributed by atoms with Crippen molar-refractivity contribution in [3.8, 4) is 0 Å². The van der Waals surface area contributed by atoms with Gasteiger partial charge in [0.1, 0.15) is 27.4 Å². The first-order valence-corrected chi connectivity index (χ1v) is 9.21. The van der Waals surface area contributed by atoms with Crippen molar-refractivity contribution >= 4 is 44.9 Å². The predicted octanol–water partition coefficient (Wildman–Crippen LogP) is 3.53. The zero-order valence-electron chi connectivity index (χ0n) is 15.5. The molecule has 7 nitrogen and oxygen atoms in total. The molecule has 2 N–H and O–H groups in total. The lowest BCUT2D eigenvalue weighted by Gasteiger charge is -2.16. The Morgan fingerprint density at radius 2 is 1.85 bits per heavy atom. The highest BCUT2D eigenvalue weighted by Crippen LogP contribution is 2.34. The number of thiophene rings is 1. The Labute approximate surface area is 160 Å². The first kappa shape index (κ1) is 18.8. The number of amides is 1. The van der Waals surface area contributed by atoms with Crippen LogP contribution in [0.3, 0.4) is 0 Å². The molecule has 1 amide bonds. The van der Waals surface area contributed by atoms with E-state index in [0.717, 1.165) is 16.6 Å². The number of carbonyl (C=O) groups is 2. The highest BCUT2D eigenvalue weighted by Gasteiger charge is 2.22. The normalized spacial score (nSPS) is 11.9. The molecule has 0 aliphatic carbocycles. The minimum Gasteiger partial charge on any atom is -0.465 e. The van der Waals surface area contributed by atoms with Crippen molar-refractivity contribution in [1.29, 1.82) is 0 Å². The van der Waals surface area contributed by atoms with Crippen molar-refractivity contribution in [2.24, 2.45) is 0 Å². The number of hydrogen-bond acceptors (Lipinski definition) is 7. The largest absolute Gasteiger partial charge is 0.465 e. The summed E-state index contributed by atoms with van der Waals surface area (Å²) in [4.78, 5) is 34.5. The molecule has 0 spiro atoms. The number of ether oxygens (including phenoxy) is 1. The molecule has 2 heterocycles. The van der Waals surface area contributed by atoms with Crippen molar-refractivity contribution < 1.29 is 14.3 Å². The van der Waals surface area contributed by atoms with E-state index in [1.165, 1.54) is 18.4 Å². The smallest absolute Gasteiger partial charge is 0.348 e. The highest BCUT2D eigenvalue weighted by atomic mass is 32.1. The highest BCUT2D eigenvalue weighted by molar-refractivity contribution is 7.20. The fraction of sp³-hybridized carbons (Fsp3) is 0.263. The van der Waals surface area contributed by atoms with E-state index in [0.29, 0.717) is 21.3 Å². The molecule has 3 aromatic rings. The maximum Gasteiger partial charge on any atom is 0.348 e. The Morgan fingerprint density at radius 3 is 2.52 bits per heavy atom. The lowest BCUT2D eigenvalue weighted by molar-refractivity contribution is -0.116. The number of aryl methyl sites for hydroxylation is 2. The molecule has 27 heavy (non-hydrogen) atoms. The molecule has 0 saturated carbocycles. The van der Waals surface area contributed by atoms with Gasteiger partial charge in [-0.2, -0.15) is 0 Å². The molecule has 8 heteroatoms. The number of rotatable bonds is 5. The van der Waals surface area contributed by atoms with Gasteiger partial charge in [0.2, 0.25) is 5.91 Å². The molecule has 0 aliphatic rings. The number of esters is 1. The van der Waals surface area contributed by atoms with Crippen molar-refractivity contribution in [3.05, 3.63) is 46.6 Å². The molecular weight excluding hydrogens is 364 g/mol. The zero-order valence-corrected chi connectivity index (χ0v) is 16.3. The third kappa shape index (κ3) is 3.90. The lowest BCUT2D eigenvalue weighted by atomic mass is 10.2. The van der Waals surface area contributed by atoms with Crippen LogP contribution in [0.4, 0.5) is 11.5 Å². The van der Waals surface area contributed by atoms with Gasteiger partial charge in [-0.1, -0.05) is 18.2 Å². The number of methoxy groups -OCH3 is 1. The van der Waals surface area contributed by atoms with Gasteiger partial charge in [-0.05, 0) is 38.5 Å². The van der Waals surface area contributed by atoms with Gasteiger partial charge in [0.25, 0.3) is 0 Å². The van der Waals surface area contributed by atoms with Gasteiger partial charge in [0.15, 0.2) is 0 Å². The molecule has 1 atom stereocenters. The summed E-state index contributed by atoms with van der Waals surface area (Å²) < 4.78 is 4.84. The van der Waals surface area contributed by atoms with Gasteiger partial charge < -0.3 is 15.4 Å². The van der Waals surface area contributed by atoms with Crippen LogP contribution in [-0.4, -0.2) is 35.0 Å². The van der Waals surface area contributed by atoms with Gasteiger partial charge in [-0.15, -0.1) is 11.3 Å². The summed E-state index contributed by atoms with van der Waals surface area (Å²) in [6.07, 6.45) is 0. The van der Waals surface area contributed by atoms with Gasteiger partial charge in [0.05, 0.1) is 12.5 Å². The van der Waals surface area contributed by atoms with Gasteiger partial charge in [0, 0.05) is 5.69 Å². The Balaban J connectivity index is 1.90. The number of aromatic nitrogens is 2. The molecule has 0 aliphatic heterocycles. The standard InChI is InChI=1S/C19H20N4O3S/c1-10-14-16(20-11(2)17(24)23-13-8-6-5-7-9-13)21-12(3)22-18(14)27-15(10)19(25)26-4/h5-9,11H,1-4H3,(H,23,24)(H,20,21,22). The van der Waals surface area contributed by atoms with Crippen LogP contribution in [-0.2, 0) is 9.53 Å². The molecule has 0 saturated heterocycles.